The molecule has 0 spiro atoms. The Balaban J connectivity index is 1.53. The van der Waals surface area contributed by atoms with Gasteiger partial charge in [0.05, 0.1) is 12.5 Å². The normalized spacial score (nSPS) is 17.7. The smallest absolute Gasteiger partial charge is 0.308 e. The third-order valence-corrected chi connectivity index (χ3v) is 5.13. The van der Waals surface area contributed by atoms with Gasteiger partial charge in [0.25, 0.3) is 0 Å². The summed E-state index contributed by atoms with van der Waals surface area (Å²) in [7, 11) is 0. The Labute approximate surface area is 148 Å². The molecule has 0 aliphatic carbocycles. The van der Waals surface area contributed by atoms with E-state index in [0.29, 0.717) is 6.61 Å². The van der Waals surface area contributed by atoms with Gasteiger partial charge in [-0.2, -0.15) is 0 Å². The van der Waals surface area contributed by atoms with Crippen LogP contribution in [0.5, 0.6) is 0 Å². The predicted molar refractivity (Wildman–Crippen MR) is 100 cm³/mol. The fourth-order valence-corrected chi connectivity index (χ4v) is 3.53. The van der Waals surface area contributed by atoms with Crippen molar-refractivity contribution in [1.82, 2.24) is 0 Å². The van der Waals surface area contributed by atoms with E-state index in [1.807, 2.05) is 0 Å². The Morgan fingerprint density at radius 2 is 1.54 bits per heavy atom. The van der Waals surface area contributed by atoms with Crippen LogP contribution in [0.3, 0.4) is 0 Å². The molecule has 134 valence electrons. The molecular formula is C22H34O2. The van der Waals surface area contributed by atoms with E-state index >= 15 is 0 Å². The Morgan fingerprint density at radius 1 is 0.917 bits per heavy atom. The molecule has 0 radical (unpaired) electrons. The molecule has 0 saturated carbocycles. The van der Waals surface area contributed by atoms with Crippen molar-refractivity contribution in [1.29, 1.82) is 0 Å². The van der Waals surface area contributed by atoms with E-state index in [-0.39, 0.29) is 11.9 Å². The number of carbonyl (C=O) groups excluding carboxylic acids is 1. The first-order chi connectivity index (χ1) is 11.8. The van der Waals surface area contributed by atoms with Crippen molar-refractivity contribution in [3.05, 3.63) is 35.4 Å². The van der Waals surface area contributed by atoms with E-state index in [4.69, 9.17) is 4.74 Å². The van der Waals surface area contributed by atoms with Crippen molar-refractivity contribution >= 4 is 5.97 Å². The summed E-state index contributed by atoms with van der Waals surface area (Å²) >= 11 is 0. The van der Waals surface area contributed by atoms with Crippen molar-refractivity contribution in [3.8, 4) is 0 Å². The summed E-state index contributed by atoms with van der Waals surface area (Å²) in [5, 5.41) is 0. The Hall–Kier alpha value is -1.31. The predicted octanol–water partition coefficient (Wildman–Crippen LogP) is 5.87. The van der Waals surface area contributed by atoms with Crippen LogP contribution in [-0.2, 0) is 22.4 Å². The zero-order chi connectivity index (χ0) is 17.0. The maximum absolute atomic E-state index is 11.6. The number of hydrogen-bond acceptors (Lipinski definition) is 2. The molecule has 1 saturated heterocycles. The molecule has 2 heteroatoms. The van der Waals surface area contributed by atoms with Gasteiger partial charge in [-0.3, -0.25) is 4.79 Å². The lowest BCUT2D eigenvalue weighted by molar-refractivity contribution is -0.153. The first-order valence-electron chi connectivity index (χ1n) is 10.0. The van der Waals surface area contributed by atoms with E-state index in [9.17, 15) is 4.79 Å². The molecule has 1 aromatic carbocycles. The standard InChI is InChI=1S/C22H34O2/c1-2-3-6-10-19-14-16-20(17-15-19)11-7-4-5-8-12-21-13-9-18-24-22(21)23/h14-17,21H,2-13,18H2,1H3. The van der Waals surface area contributed by atoms with Crippen molar-refractivity contribution in [3.63, 3.8) is 0 Å². The Bertz CT molecular complexity index is 463. The van der Waals surface area contributed by atoms with Gasteiger partial charge in [-0.1, -0.05) is 63.3 Å². The average molecular weight is 331 g/mol. The van der Waals surface area contributed by atoms with E-state index in [0.717, 1.165) is 25.7 Å². The molecule has 1 heterocycles. The van der Waals surface area contributed by atoms with Gasteiger partial charge in [-0.05, 0) is 56.1 Å². The minimum absolute atomic E-state index is 0.0419. The summed E-state index contributed by atoms with van der Waals surface area (Å²) in [6.07, 6.45) is 14.3. The lowest BCUT2D eigenvalue weighted by Gasteiger charge is -2.20. The largest absolute Gasteiger partial charge is 0.465 e. The van der Waals surface area contributed by atoms with Crippen LogP contribution < -0.4 is 0 Å². The van der Waals surface area contributed by atoms with Gasteiger partial charge in [0.15, 0.2) is 0 Å². The molecular weight excluding hydrogens is 296 g/mol. The number of carbonyl (C=O) groups is 1. The second kappa shape index (κ2) is 11.3. The highest BCUT2D eigenvalue weighted by atomic mass is 16.5. The first kappa shape index (κ1) is 19.0. The van der Waals surface area contributed by atoms with E-state index in [2.05, 4.69) is 31.2 Å². The molecule has 1 aliphatic rings. The molecule has 1 fully saturated rings. The van der Waals surface area contributed by atoms with Crippen molar-refractivity contribution in [2.45, 2.75) is 84.0 Å². The summed E-state index contributed by atoms with van der Waals surface area (Å²) in [6.45, 7) is 2.89. The number of esters is 1. The number of benzene rings is 1. The molecule has 1 atom stereocenters. The van der Waals surface area contributed by atoms with Crippen LogP contribution in [0.2, 0.25) is 0 Å². The highest BCUT2D eigenvalue weighted by Crippen LogP contribution is 2.22. The molecule has 0 bridgehead atoms. The van der Waals surface area contributed by atoms with Crippen molar-refractivity contribution < 1.29 is 9.53 Å². The second-order valence-electron chi connectivity index (χ2n) is 7.23. The molecule has 2 rings (SSSR count). The third kappa shape index (κ3) is 7.07. The molecule has 1 unspecified atom stereocenters. The molecule has 0 N–H and O–H groups in total. The minimum atomic E-state index is 0.0419. The summed E-state index contributed by atoms with van der Waals surface area (Å²) in [4.78, 5) is 11.6. The lowest BCUT2D eigenvalue weighted by atomic mass is 9.94. The van der Waals surface area contributed by atoms with Crippen LogP contribution in [0.1, 0.15) is 82.3 Å². The Kier molecular flexibility index (Phi) is 8.94. The van der Waals surface area contributed by atoms with E-state index < -0.39 is 0 Å². The van der Waals surface area contributed by atoms with Gasteiger partial charge in [-0.25, -0.2) is 0 Å². The van der Waals surface area contributed by atoms with Gasteiger partial charge in [0.2, 0.25) is 0 Å². The zero-order valence-electron chi connectivity index (χ0n) is 15.4. The SMILES string of the molecule is CCCCCc1ccc(CCCCCCC2CCCOC2=O)cc1. The van der Waals surface area contributed by atoms with Crippen LogP contribution in [0.15, 0.2) is 24.3 Å². The maximum Gasteiger partial charge on any atom is 0.308 e. The number of ether oxygens (including phenoxy) is 1. The first-order valence-corrected chi connectivity index (χ1v) is 10.0. The van der Waals surface area contributed by atoms with E-state index in [1.54, 1.807) is 0 Å². The molecule has 24 heavy (non-hydrogen) atoms. The molecule has 0 amide bonds. The summed E-state index contributed by atoms with van der Waals surface area (Å²) in [5.41, 5.74) is 2.94. The molecule has 2 nitrogen and oxygen atoms in total. The van der Waals surface area contributed by atoms with Gasteiger partial charge >= 0.3 is 5.97 Å². The fraction of sp³-hybridized carbons (Fsp3) is 0.682. The van der Waals surface area contributed by atoms with E-state index in [1.165, 1.54) is 62.5 Å². The average Bonchev–Trinajstić information content (AvgIpc) is 2.61. The topological polar surface area (TPSA) is 26.3 Å². The number of rotatable bonds is 11. The zero-order valence-corrected chi connectivity index (χ0v) is 15.4. The monoisotopic (exact) mass is 330 g/mol. The van der Waals surface area contributed by atoms with Crippen molar-refractivity contribution in [2.75, 3.05) is 6.61 Å². The quantitative estimate of drug-likeness (QED) is 0.375. The molecule has 1 aromatic rings. The van der Waals surface area contributed by atoms with Gasteiger partial charge in [-0.15, -0.1) is 0 Å². The molecule has 0 aromatic heterocycles. The van der Waals surface area contributed by atoms with Gasteiger partial charge in [0.1, 0.15) is 0 Å². The maximum atomic E-state index is 11.6. The molecule has 1 aliphatic heterocycles. The van der Waals surface area contributed by atoms with Crippen molar-refractivity contribution in [2.24, 2.45) is 5.92 Å². The second-order valence-corrected chi connectivity index (χ2v) is 7.23. The van der Waals surface area contributed by atoms with Gasteiger partial charge < -0.3 is 4.74 Å². The number of unbranched alkanes of at least 4 members (excludes halogenated alkanes) is 5. The number of hydrogen-bond donors (Lipinski definition) is 0. The fourth-order valence-electron chi connectivity index (χ4n) is 3.53. The van der Waals surface area contributed by atoms with Crippen LogP contribution in [0, 0.1) is 5.92 Å². The summed E-state index contributed by atoms with van der Waals surface area (Å²) < 4.78 is 5.13. The van der Waals surface area contributed by atoms with Crippen LogP contribution in [0.4, 0.5) is 0 Å². The number of aryl methyl sites for hydroxylation is 2. The van der Waals surface area contributed by atoms with Crippen LogP contribution in [-0.4, -0.2) is 12.6 Å². The summed E-state index contributed by atoms with van der Waals surface area (Å²) in [6, 6.07) is 9.22. The van der Waals surface area contributed by atoms with Gasteiger partial charge in [0, 0.05) is 0 Å². The minimum Gasteiger partial charge on any atom is -0.465 e. The van der Waals surface area contributed by atoms with Crippen LogP contribution in [0.25, 0.3) is 0 Å². The summed E-state index contributed by atoms with van der Waals surface area (Å²) in [5.74, 6) is 0.222. The Morgan fingerprint density at radius 3 is 2.17 bits per heavy atom. The number of cyclic esters (lactones) is 1. The van der Waals surface area contributed by atoms with Crippen LogP contribution >= 0.6 is 0 Å². The lowest BCUT2D eigenvalue weighted by Crippen LogP contribution is -2.23. The highest BCUT2D eigenvalue weighted by Gasteiger charge is 2.22. The highest BCUT2D eigenvalue weighted by molar-refractivity contribution is 5.72. The third-order valence-electron chi connectivity index (χ3n) is 5.13.